The first kappa shape index (κ1) is 11.7. The molecule has 3 heteroatoms. The molecule has 2 heterocycles. The maximum atomic E-state index is 12.4. The van der Waals surface area contributed by atoms with E-state index in [2.05, 4.69) is 6.58 Å². The third-order valence-corrected chi connectivity index (χ3v) is 4.89. The molecule has 2 atom stereocenters. The largest absolute Gasteiger partial charge is 0.326 e. The smallest absolute Gasteiger partial charge is 0.223 e. The van der Waals surface area contributed by atoms with Crippen molar-refractivity contribution in [3.63, 3.8) is 0 Å². The fourth-order valence-electron chi connectivity index (χ4n) is 4.05. The van der Waals surface area contributed by atoms with Gasteiger partial charge in [0.25, 0.3) is 0 Å². The predicted molar refractivity (Wildman–Crippen MR) is 69.0 cm³/mol. The standard InChI is InChI=1S/C15H19NO2/c1-3-11-7-8-15-9-13(17)10(2)12(15)5-4-6-14(18)16(11)15/h3,11H,1,4-9H2,2H3/t11-,15+/m0/s1. The van der Waals surface area contributed by atoms with Gasteiger partial charge < -0.3 is 4.90 Å². The van der Waals surface area contributed by atoms with Crippen molar-refractivity contribution in [2.45, 2.75) is 57.0 Å². The van der Waals surface area contributed by atoms with E-state index in [0.29, 0.717) is 12.8 Å². The highest BCUT2D eigenvalue weighted by Crippen LogP contribution is 2.51. The Kier molecular flexibility index (Phi) is 2.47. The normalized spacial score (nSPS) is 35.6. The zero-order valence-corrected chi connectivity index (χ0v) is 10.9. The van der Waals surface area contributed by atoms with Crippen LogP contribution in [0.4, 0.5) is 0 Å². The minimum absolute atomic E-state index is 0.115. The lowest BCUT2D eigenvalue weighted by Gasteiger charge is -2.38. The second-order valence-electron chi connectivity index (χ2n) is 5.69. The van der Waals surface area contributed by atoms with E-state index in [0.717, 1.165) is 31.3 Å². The molecule has 0 N–H and O–H groups in total. The fraction of sp³-hybridized carbons (Fsp3) is 0.600. The summed E-state index contributed by atoms with van der Waals surface area (Å²) in [6.45, 7) is 5.78. The minimum Gasteiger partial charge on any atom is -0.326 e. The Labute approximate surface area is 108 Å². The number of hydrogen-bond donors (Lipinski definition) is 0. The number of ketones is 1. The van der Waals surface area contributed by atoms with Crippen molar-refractivity contribution in [3.8, 4) is 0 Å². The first-order chi connectivity index (χ1) is 8.60. The lowest BCUT2D eigenvalue weighted by molar-refractivity contribution is -0.135. The van der Waals surface area contributed by atoms with E-state index in [1.54, 1.807) is 0 Å². The summed E-state index contributed by atoms with van der Waals surface area (Å²) >= 11 is 0. The summed E-state index contributed by atoms with van der Waals surface area (Å²) < 4.78 is 0. The van der Waals surface area contributed by atoms with Gasteiger partial charge in [0.2, 0.25) is 5.91 Å². The van der Waals surface area contributed by atoms with Crippen molar-refractivity contribution in [1.29, 1.82) is 0 Å². The molecule has 0 unspecified atom stereocenters. The number of carbonyl (C=O) groups is 2. The van der Waals surface area contributed by atoms with Gasteiger partial charge in [-0.3, -0.25) is 9.59 Å². The van der Waals surface area contributed by atoms with Gasteiger partial charge in [-0.05, 0) is 43.8 Å². The van der Waals surface area contributed by atoms with Crippen LogP contribution in [0, 0.1) is 0 Å². The zero-order valence-electron chi connectivity index (χ0n) is 10.9. The molecule has 0 radical (unpaired) electrons. The molecule has 3 rings (SSSR count). The number of rotatable bonds is 1. The van der Waals surface area contributed by atoms with Gasteiger partial charge in [-0.1, -0.05) is 6.08 Å². The molecule has 2 aliphatic heterocycles. The van der Waals surface area contributed by atoms with Crippen molar-refractivity contribution in [1.82, 2.24) is 4.90 Å². The molecule has 3 nitrogen and oxygen atoms in total. The van der Waals surface area contributed by atoms with E-state index in [1.807, 2.05) is 17.9 Å². The van der Waals surface area contributed by atoms with Gasteiger partial charge in [0.05, 0.1) is 11.6 Å². The summed E-state index contributed by atoms with van der Waals surface area (Å²) in [4.78, 5) is 26.4. The van der Waals surface area contributed by atoms with Crippen LogP contribution in [-0.2, 0) is 9.59 Å². The van der Waals surface area contributed by atoms with Gasteiger partial charge in [-0.2, -0.15) is 0 Å². The molecule has 0 aromatic heterocycles. The Morgan fingerprint density at radius 1 is 1.39 bits per heavy atom. The molecule has 0 aromatic rings. The second kappa shape index (κ2) is 3.81. The highest BCUT2D eigenvalue weighted by atomic mass is 16.2. The number of carbonyl (C=O) groups excluding carboxylic acids is 2. The summed E-state index contributed by atoms with van der Waals surface area (Å²) in [7, 11) is 0. The second-order valence-corrected chi connectivity index (χ2v) is 5.69. The van der Waals surface area contributed by atoms with E-state index >= 15 is 0 Å². The monoisotopic (exact) mass is 245 g/mol. The Balaban J connectivity index is 2.14. The van der Waals surface area contributed by atoms with Gasteiger partial charge in [-0.25, -0.2) is 0 Å². The molecule has 18 heavy (non-hydrogen) atoms. The number of amides is 1. The SMILES string of the molecule is C=C[C@H]1CC[C@@]23CC(=O)C(C)=C2CCCC(=O)N13. The van der Waals surface area contributed by atoms with Gasteiger partial charge in [-0.15, -0.1) is 6.58 Å². The van der Waals surface area contributed by atoms with Gasteiger partial charge in [0, 0.05) is 12.8 Å². The zero-order chi connectivity index (χ0) is 12.9. The Hall–Kier alpha value is -1.38. The average molecular weight is 245 g/mol. The maximum Gasteiger partial charge on any atom is 0.223 e. The van der Waals surface area contributed by atoms with E-state index < -0.39 is 0 Å². The van der Waals surface area contributed by atoms with E-state index in [4.69, 9.17) is 0 Å². The van der Waals surface area contributed by atoms with Crippen LogP contribution in [0.2, 0.25) is 0 Å². The third-order valence-electron chi connectivity index (χ3n) is 4.89. The van der Waals surface area contributed by atoms with Crippen molar-refractivity contribution < 1.29 is 9.59 Å². The molecule has 1 aliphatic carbocycles. The van der Waals surface area contributed by atoms with Gasteiger partial charge in [0.1, 0.15) is 0 Å². The van der Waals surface area contributed by atoms with Crippen LogP contribution in [0.15, 0.2) is 23.8 Å². The van der Waals surface area contributed by atoms with Crippen molar-refractivity contribution in [3.05, 3.63) is 23.8 Å². The third kappa shape index (κ3) is 1.30. The van der Waals surface area contributed by atoms with Crippen LogP contribution in [0.25, 0.3) is 0 Å². The van der Waals surface area contributed by atoms with Crippen molar-refractivity contribution >= 4 is 11.7 Å². The molecule has 0 bridgehead atoms. The summed E-state index contributed by atoms with van der Waals surface area (Å²) in [6.07, 6.45) is 6.63. The summed E-state index contributed by atoms with van der Waals surface area (Å²) in [6, 6.07) is 0.115. The Morgan fingerprint density at radius 3 is 2.89 bits per heavy atom. The van der Waals surface area contributed by atoms with E-state index in [9.17, 15) is 9.59 Å². The van der Waals surface area contributed by atoms with Crippen LogP contribution >= 0.6 is 0 Å². The first-order valence-electron chi connectivity index (χ1n) is 6.78. The molecule has 96 valence electrons. The van der Waals surface area contributed by atoms with Crippen molar-refractivity contribution in [2.24, 2.45) is 0 Å². The molecule has 1 amide bonds. The van der Waals surface area contributed by atoms with Crippen LogP contribution in [0.3, 0.4) is 0 Å². The lowest BCUT2D eigenvalue weighted by Crippen LogP contribution is -2.49. The van der Waals surface area contributed by atoms with Crippen LogP contribution in [-0.4, -0.2) is 28.2 Å². The molecule has 2 saturated heterocycles. The fourth-order valence-corrected chi connectivity index (χ4v) is 4.05. The molecule has 2 fully saturated rings. The lowest BCUT2D eigenvalue weighted by atomic mass is 9.86. The van der Waals surface area contributed by atoms with Gasteiger partial charge in [0.15, 0.2) is 5.78 Å². The van der Waals surface area contributed by atoms with Crippen LogP contribution in [0.1, 0.15) is 45.4 Å². The van der Waals surface area contributed by atoms with Crippen LogP contribution in [0.5, 0.6) is 0 Å². The molecule has 0 saturated carbocycles. The molecular weight excluding hydrogens is 226 g/mol. The summed E-state index contributed by atoms with van der Waals surface area (Å²) in [5.74, 6) is 0.435. The minimum atomic E-state index is -0.284. The molecular formula is C15H19NO2. The highest BCUT2D eigenvalue weighted by molar-refractivity contribution is 6.01. The van der Waals surface area contributed by atoms with Crippen molar-refractivity contribution in [2.75, 3.05) is 0 Å². The maximum absolute atomic E-state index is 12.4. The number of Topliss-reactive ketones (excluding diaryl/α,β-unsaturated/α-hetero) is 1. The van der Waals surface area contributed by atoms with E-state index in [-0.39, 0.29) is 23.3 Å². The number of allylic oxidation sites excluding steroid dienone is 1. The highest BCUT2D eigenvalue weighted by Gasteiger charge is 2.55. The number of nitrogens with zero attached hydrogens (tertiary/aromatic N) is 1. The molecule has 0 aromatic carbocycles. The van der Waals surface area contributed by atoms with E-state index in [1.165, 1.54) is 5.57 Å². The summed E-state index contributed by atoms with van der Waals surface area (Å²) in [5.41, 5.74) is 1.87. The molecule has 1 spiro atoms. The van der Waals surface area contributed by atoms with Crippen LogP contribution < -0.4 is 0 Å². The summed E-state index contributed by atoms with van der Waals surface area (Å²) in [5, 5.41) is 0. The Morgan fingerprint density at radius 2 is 2.17 bits per heavy atom. The predicted octanol–water partition coefficient (Wildman–Crippen LogP) is 2.38. The molecule has 3 aliphatic rings. The number of hydrogen-bond acceptors (Lipinski definition) is 2. The first-order valence-corrected chi connectivity index (χ1v) is 6.78. The van der Waals surface area contributed by atoms with Gasteiger partial charge >= 0.3 is 0 Å². The average Bonchev–Trinajstić information content (AvgIpc) is 2.77. The Bertz CT molecular complexity index is 477. The topological polar surface area (TPSA) is 37.4 Å². The quantitative estimate of drug-likeness (QED) is 0.665.